The zero-order valence-electron chi connectivity index (χ0n) is 19.0. The standard InChI is InChI=1S/C22H27NO10/c1-11(24)16-6-8-17(9-7-16)32-22-19(23-12(2)25)21(31-15(5)28)20(30-14(4)27)18(33-22)10-29-13(3)26/h6-9,18-22H,10H2,1-5H3,(H,23,25). The van der Waals surface area contributed by atoms with Gasteiger partial charge < -0.3 is 29.0 Å². The number of hydrogen-bond acceptors (Lipinski definition) is 10. The van der Waals surface area contributed by atoms with E-state index in [2.05, 4.69) is 5.32 Å². The molecule has 0 aliphatic carbocycles. The molecule has 1 aromatic rings. The zero-order chi connectivity index (χ0) is 24.7. The van der Waals surface area contributed by atoms with Crippen molar-refractivity contribution in [3.63, 3.8) is 0 Å². The molecule has 1 saturated heterocycles. The number of carbonyl (C=O) groups excluding carboxylic acids is 5. The fourth-order valence-corrected chi connectivity index (χ4v) is 3.29. The lowest BCUT2D eigenvalue weighted by Crippen LogP contribution is -2.67. The monoisotopic (exact) mass is 465 g/mol. The van der Waals surface area contributed by atoms with E-state index in [9.17, 15) is 24.0 Å². The Bertz CT molecular complexity index is 897. The van der Waals surface area contributed by atoms with Crippen LogP contribution in [0.2, 0.25) is 0 Å². The molecule has 1 N–H and O–H groups in total. The lowest BCUT2D eigenvalue weighted by molar-refractivity contribution is -0.257. The highest BCUT2D eigenvalue weighted by Gasteiger charge is 2.51. The first-order valence-corrected chi connectivity index (χ1v) is 10.2. The molecule has 0 aromatic heterocycles. The average molecular weight is 465 g/mol. The highest BCUT2D eigenvalue weighted by molar-refractivity contribution is 5.94. The van der Waals surface area contributed by atoms with Gasteiger partial charge in [-0.05, 0) is 31.2 Å². The van der Waals surface area contributed by atoms with Gasteiger partial charge in [0.1, 0.15) is 24.5 Å². The quantitative estimate of drug-likeness (QED) is 0.334. The van der Waals surface area contributed by atoms with E-state index < -0.39 is 54.5 Å². The Morgan fingerprint density at radius 2 is 1.42 bits per heavy atom. The first kappa shape index (κ1) is 25.8. The van der Waals surface area contributed by atoms with Crippen LogP contribution in [0.1, 0.15) is 45.0 Å². The third kappa shape index (κ3) is 7.56. The number of esters is 3. The third-order valence-electron chi connectivity index (χ3n) is 4.58. The number of benzene rings is 1. The third-order valence-corrected chi connectivity index (χ3v) is 4.58. The number of ketones is 1. The smallest absolute Gasteiger partial charge is 0.303 e. The molecular weight excluding hydrogens is 438 g/mol. The Balaban J connectivity index is 2.43. The van der Waals surface area contributed by atoms with Crippen molar-refractivity contribution in [2.75, 3.05) is 6.61 Å². The molecule has 0 bridgehead atoms. The van der Waals surface area contributed by atoms with Crippen LogP contribution in [0.25, 0.3) is 0 Å². The number of carbonyl (C=O) groups is 5. The first-order valence-electron chi connectivity index (χ1n) is 10.2. The van der Waals surface area contributed by atoms with E-state index >= 15 is 0 Å². The van der Waals surface area contributed by atoms with Crippen molar-refractivity contribution in [1.29, 1.82) is 0 Å². The molecule has 0 saturated carbocycles. The summed E-state index contributed by atoms with van der Waals surface area (Å²) in [5, 5.41) is 2.61. The van der Waals surface area contributed by atoms with Gasteiger partial charge in [-0.15, -0.1) is 0 Å². The van der Waals surface area contributed by atoms with Crippen molar-refractivity contribution in [3.05, 3.63) is 29.8 Å². The molecule has 11 nitrogen and oxygen atoms in total. The van der Waals surface area contributed by atoms with Gasteiger partial charge in [0.15, 0.2) is 18.0 Å². The second kappa shape index (κ2) is 11.4. The van der Waals surface area contributed by atoms with E-state index in [4.69, 9.17) is 23.7 Å². The van der Waals surface area contributed by atoms with E-state index in [0.717, 1.165) is 13.8 Å². The molecule has 180 valence electrons. The fraction of sp³-hybridized carbons (Fsp3) is 0.500. The number of nitrogens with one attached hydrogen (secondary N) is 1. The largest absolute Gasteiger partial charge is 0.463 e. The van der Waals surface area contributed by atoms with Crippen LogP contribution >= 0.6 is 0 Å². The minimum Gasteiger partial charge on any atom is -0.463 e. The number of amides is 1. The fourth-order valence-electron chi connectivity index (χ4n) is 3.29. The molecule has 2 rings (SSSR count). The van der Waals surface area contributed by atoms with Gasteiger partial charge in [-0.3, -0.25) is 24.0 Å². The molecule has 1 aromatic carbocycles. The first-order chi connectivity index (χ1) is 15.5. The molecule has 11 heteroatoms. The Kier molecular flexibility index (Phi) is 8.92. The maximum absolute atomic E-state index is 11.9. The van der Waals surface area contributed by atoms with Crippen LogP contribution in [0.3, 0.4) is 0 Å². The van der Waals surface area contributed by atoms with Crippen molar-refractivity contribution < 1.29 is 47.7 Å². The molecule has 1 amide bonds. The van der Waals surface area contributed by atoms with Crippen LogP contribution in [0, 0.1) is 0 Å². The number of Topliss-reactive ketones (excluding diaryl/α,β-unsaturated/α-hetero) is 1. The van der Waals surface area contributed by atoms with Gasteiger partial charge in [0.05, 0.1) is 0 Å². The van der Waals surface area contributed by atoms with Crippen molar-refractivity contribution in [1.82, 2.24) is 5.32 Å². The molecule has 0 spiro atoms. The zero-order valence-corrected chi connectivity index (χ0v) is 19.0. The van der Waals surface area contributed by atoms with E-state index in [1.54, 1.807) is 12.1 Å². The van der Waals surface area contributed by atoms with E-state index in [1.165, 1.54) is 32.9 Å². The summed E-state index contributed by atoms with van der Waals surface area (Å²) >= 11 is 0. The summed E-state index contributed by atoms with van der Waals surface area (Å²) in [5.74, 6) is -2.34. The van der Waals surface area contributed by atoms with Gasteiger partial charge >= 0.3 is 17.9 Å². The van der Waals surface area contributed by atoms with E-state index in [-0.39, 0.29) is 12.4 Å². The van der Waals surface area contributed by atoms with Crippen LogP contribution in [0.4, 0.5) is 0 Å². The van der Waals surface area contributed by atoms with Crippen molar-refractivity contribution >= 4 is 29.6 Å². The molecule has 5 unspecified atom stereocenters. The molecule has 1 aliphatic rings. The normalized spacial score (nSPS) is 24.2. The van der Waals surface area contributed by atoms with E-state index in [0.29, 0.717) is 11.3 Å². The van der Waals surface area contributed by atoms with Crippen LogP contribution < -0.4 is 10.1 Å². The summed E-state index contributed by atoms with van der Waals surface area (Å²) in [6, 6.07) is 5.08. The highest BCUT2D eigenvalue weighted by Crippen LogP contribution is 2.29. The molecule has 1 fully saturated rings. The Labute approximate surface area is 190 Å². The molecule has 1 aliphatic heterocycles. The topological polar surface area (TPSA) is 144 Å². The number of ether oxygens (including phenoxy) is 5. The average Bonchev–Trinajstić information content (AvgIpc) is 2.70. The molecular formula is C22H27NO10. The summed E-state index contributed by atoms with van der Waals surface area (Å²) in [6.07, 6.45) is -4.73. The van der Waals surface area contributed by atoms with Crippen LogP contribution in [-0.2, 0) is 38.1 Å². The maximum atomic E-state index is 11.9. The molecule has 1 heterocycles. The van der Waals surface area contributed by atoms with Crippen LogP contribution in [-0.4, -0.2) is 66.8 Å². The van der Waals surface area contributed by atoms with Gasteiger partial charge in [-0.1, -0.05) is 0 Å². The minimum atomic E-state index is -1.23. The van der Waals surface area contributed by atoms with Gasteiger partial charge in [0.2, 0.25) is 12.2 Å². The SMILES string of the molecule is CC(=O)NC1C(Oc2ccc(C(C)=O)cc2)OC(COC(C)=O)C(OC(C)=O)C1OC(C)=O. The number of rotatable bonds is 8. The van der Waals surface area contributed by atoms with Gasteiger partial charge in [-0.2, -0.15) is 0 Å². The highest BCUT2D eigenvalue weighted by atomic mass is 16.7. The Hall–Kier alpha value is -3.47. The predicted molar refractivity (Wildman–Crippen MR) is 111 cm³/mol. The summed E-state index contributed by atoms with van der Waals surface area (Å²) < 4.78 is 27.5. The van der Waals surface area contributed by atoms with Crippen molar-refractivity contribution in [2.24, 2.45) is 0 Å². The summed E-state index contributed by atoms with van der Waals surface area (Å²) in [4.78, 5) is 58.4. The second-order valence-corrected chi connectivity index (χ2v) is 7.42. The van der Waals surface area contributed by atoms with Gasteiger partial charge in [-0.25, -0.2) is 0 Å². The molecule has 5 atom stereocenters. The Morgan fingerprint density at radius 1 is 0.848 bits per heavy atom. The predicted octanol–water partition coefficient (Wildman–Crippen LogP) is 0.924. The van der Waals surface area contributed by atoms with Crippen molar-refractivity contribution in [3.8, 4) is 5.75 Å². The summed E-state index contributed by atoms with van der Waals surface area (Å²) in [6.45, 7) is 5.84. The van der Waals surface area contributed by atoms with Crippen LogP contribution in [0.15, 0.2) is 24.3 Å². The van der Waals surface area contributed by atoms with Gasteiger partial charge in [0.25, 0.3) is 0 Å². The van der Waals surface area contributed by atoms with E-state index in [1.807, 2.05) is 0 Å². The van der Waals surface area contributed by atoms with Crippen LogP contribution in [0.5, 0.6) is 5.75 Å². The second-order valence-electron chi connectivity index (χ2n) is 7.42. The lowest BCUT2D eigenvalue weighted by atomic mass is 9.96. The lowest BCUT2D eigenvalue weighted by Gasteiger charge is -2.44. The summed E-state index contributed by atoms with van der Waals surface area (Å²) in [7, 11) is 0. The maximum Gasteiger partial charge on any atom is 0.303 e. The molecule has 33 heavy (non-hydrogen) atoms. The summed E-state index contributed by atoms with van der Waals surface area (Å²) in [5.41, 5.74) is 0.464. The van der Waals surface area contributed by atoms with Crippen molar-refractivity contribution in [2.45, 2.75) is 65.3 Å². The number of hydrogen-bond donors (Lipinski definition) is 1. The molecule has 0 radical (unpaired) electrons. The van der Waals surface area contributed by atoms with Gasteiger partial charge in [0, 0.05) is 33.3 Å². The Morgan fingerprint density at radius 3 is 1.91 bits per heavy atom. The minimum absolute atomic E-state index is 0.132.